The summed E-state index contributed by atoms with van der Waals surface area (Å²) in [5.74, 6) is -1.00. The molecule has 0 saturated carbocycles. The molecule has 0 aromatic carbocycles. The Morgan fingerprint density at radius 1 is 1.41 bits per heavy atom. The number of halogens is 1. The summed E-state index contributed by atoms with van der Waals surface area (Å²) in [6.45, 7) is 5.53. The molecule has 17 heavy (non-hydrogen) atoms. The number of hydrogen-bond donors (Lipinski definition) is 3. The van der Waals surface area contributed by atoms with Crippen LogP contribution in [0.3, 0.4) is 0 Å². The first-order chi connectivity index (χ1) is 7.56. The van der Waals surface area contributed by atoms with Crippen LogP contribution < -0.4 is 5.32 Å². The van der Waals surface area contributed by atoms with Gasteiger partial charge in [0.2, 0.25) is 0 Å². The average molecular weight is 357 g/mol. The molecule has 5 nitrogen and oxygen atoms in total. The summed E-state index contributed by atoms with van der Waals surface area (Å²) in [5.41, 5.74) is -0.401. The number of aliphatic hydroxyl groups excluding tert-OH is 1. The van der Waals surface area contributed by atoms with Gasteiger partial charge in [0.25, 0.3) is 0 Å². The van der Waals surface area contributed by atoms with E-state index in [1.807, 2.05) is 20.8 Å². The zero-order valence-electron chi connectivity index (χ0n) is 10.4. The van der Waals surface area contributed by atoms with E-state index in [4.69, 9.17) is 5.11 Å². The number of rotatable bonds is 2. The SMILES string of the molecule is C=I1(C(=O)NC(C)(C)C)C[C@H](O)C[C@H]1C(=O)O. The number of amides is 1. The van der Waals surface area contributed by atoms with Gasteiger partial charge in [-0.3, -0.25) is 0 Å². The topological polar surface area (TPSA) is 86.6 Å². The number of aliphatic hydroxyl groups is 1. The van der Waals surface area contributed by atoms with E-state index in [-0.39, 0.29) is 14.8 Å². The van der Waals surface area contributed by atoms with Crippen molar-refractivity contribution in [2.45, 2.75) is 42.8 Å². The number of carboxylic acid groups (broad SMARTS) is 1. The van der Waals surface area contributed by atoms with Crippen LogP contribution in [-0.2, 0) is 4.79 Å². The Morgan fingerprint density at radius 3 is 2.35 bits per heavy atom. The van der Waals surface area contributed by atoms with Gasteiger partial charge >= 0.3 is 105 Å². The maximum atomic E-state index is 12.2. The molecule has 1 aliphatic heterocycles. The van der Waals surface area contributed by atoms with Gasteiger partial charge < -0.3 is 0 Å². The van der Waals surface area contributed by atoms with Crippen LogP contribution in [0.5, 0.6) is 0 Å². The first kappa shape index (κ1) is 14.6. The molecular weight excluding hydrogens is 337 g/mol. The quantitative estimate of drug-likeness (QED) is 0.300. The fourth-order valence-electron chi connectivity index (χ4n) is 1.76. The van der Waals surface area contributed by atoms with E-state index in [1.54, 1.807) is 0 Å². The normalized spacial score (nSPS) is 37.2. The van der Waals surface area contributed by atoms with Crippen molar-refractivity contribution in [3.05, 3.63) is 0 Å². The standard InChI is InChI=1S/C11H20INO4/c1-11(2,3)13-10(17)12(4)6-7(14)5-8(12)9(15)16/h7-8,14H,4-6H2,1-3H3,(H,13,17)(H,15,16)/t7-,8+/m1/s1. The van der Waals surface area contributed by atoms with Crippen molar-refractivity contribution in [1.82, 2.24) is 5.32 Å². The summed E-state index contributed by atoms with van der Waals surface area (Å²) in [7, 11) is 0. The van der Waals surface area contributed by atoms with Gasteiger partial charge in [-0.15, -0.1) is 0 Å². The number of carbonyl (C=O) groups excluding carboxylic acids is 1. The van der Waals surface area contributed by atoms with E-state index in [0.29, 0.717) is 0 Å². The van der Waals surface area contributed by atoms with Gasteiger partial charge in [-0.2, -0.15) is 0 Å². The van der Waals surface area contributed by atoms with Gasteiger partial charge in [-0.1, -0.05) is 0 Å². The zero-order valence-corrected chi connectivity index (χ0v) is 12.5. The molecule has 3 atom stereocenters. The monoisotopic (exact) mass is 357 g/mol. The molecule has 1 saturated heterocycles. The van der Waals surface area contributed by atoms with Crippen molar-refractivity contribution in [3.8, 4) is 0 Å². The van der Waals surface area contributed by atoms with Crippen molar-refractivity contribution in [2.24, 2.45) is 0 Å². The maximum absolute atomic E-state index is 12.2. The van der Waals surface area contributed by atoms with E-state index in [0.717, 1.165) is 0 Å². The van der Waals surface area contributed by atoms with Crippen LogP contribution >= 0.6 is 18.0 Å². The Balaban J connectivity index is 2.96. The molecule has 1 fully saturated rings. The molecule has 0 bridgehead atoms. The fourth-order valence-corrected chi connectivity index (χ4v) is 9.55. The predicted octanol–water partition coefficient (Wildman–Crippen LogP) is 1.19. The zero-order chi connectivity index (χ0) is 13.4. The average Bonchev–Trinajstić information content (AvgIpc) is 2.40. The number of hydrogen-bond acceptors (Lipinski definition) is 3. The molecule has 0 aliphatic carbocycles. The molecule has 1 rings (SSSR count). The molecule has 6 heteroatoms. The molecule has 0 aromatic heterocycles. The molecule has 3 N–H and O–H groups in total. The summed E-state index contributed by atoms with van der Waals surface area (Å²) < 4.78 is 3.22. The molecule has 100 valence electrons. The Bertz CT molecular complexity index is 385. The molecule has 1 aliphatic rings. The molecule has 1 amide bonds. The number of nitrogens with one attached hydrogen (secondary N) is 1. The van der Waals surface area contributed by atoms with Gasteiger partial charge in [-0.25, -0.2) is 0 Å². The van der Waals surface area contributed by atoms with E-state index < -0.39 is 39.5 Å². The Hall–Kier alpha value is -0.500. The van der Waals surface area contributed by atoms with E-state index in [9.17, 15) is 14.7 Å². The summed E-state index contributed by atoms with van der Waals surface area (Å²) in [6.07, 6.45) is -0.539. The van der Waals surface area contributed by atoms with Gasteiger partial charge in [0.05, 0.1) is 0 Å². The Morgan fingerprint density at radius 2 is 1.94 bits per heavy atom. The van der Waals surface area contributed by atoms with E-state index >= 15 is 0 Å². The second-order valence-corrected chi connectivity index (χ2v) is 13.7. The molecular formula is C11H20INO4. The fraction of sp³-hybridized carbons (Fsp3) is 0.727. The van der Waals surface area contributed by atoms with Crippen LogP contribution in [0.25, 0.3) is 0 Å². The van der Waals surface area contributed by atoms with Crippen molar-refractivity contribution >= 4 is 32.4 Å². The second kappa shape index (κ2) is 4.64. The number of aliphatic carboxylic acids is 1. The Kier molecular flexibility index (Phi) is 3.97. The number of carboxylic acids is 1. The molecule has 0 spiro atoms. The summed E-state index contributed by atoms with van der Waals surface area (Å²) in [5, 5.41) is 21.5. The van der Waals surface area contributed by atoms with Crippen LogP contribution in [0.2, 0.25) is 0 Å². The van der Waals surface area contributed by atoms with Crippen LogP contribution in [0.15, 0.2) is 0 Å². The van der Waals surface area contributed by atoms with Crippen LogP contribution in [0.1, 0.15) is 27.2 Å². The third-order valence-electron chi connectivity index (χ3n) is 2.52. The minimum absolute atomic E-state index is 0.160. The Labute approximate surface area is 105 Å². The van der Waals surface area contributed by atoms with E-state index in [1.165, 1.54) is 0 Å². The first-order valence-corrected chi connectivity index (χ1v) is 10.7. The van der Waals surface area contributed by atoms with Crippen LogP contribution in [0.4, 0.5) is 4.79 Å². The first-order valence-electron chi connectivity index (χ1n) is 5.35. The summed E-state index contributed by atoms with van der Waals surface area (Å²) >= 11 is -3.39. The van der Waals surface area contributed by atoms with Crippen LogP contribution in [0, 0.1) is 0 Å². The van der Waals surface area contributed by atoms with Crippen molar-refractivity contribution in [1.29, 1.82) is 0 Å². The van der Waals surface area contributed by atoms with Gasteiger partial charge in [0, 0.05) is 0 Å². The molecule has 1 heterocycles. The van der Waals surface area contributed by atoms with Gasteiger partial charge in [0.1, 0.15) is 0 Å². The van der Waals surface area contributed by atoms with Gasteiger partial charge in [0.15, 0.2) is 0 Å². The summed E-state index contributed by atoms with van der Waals surface area (Å²) in [6, 6.07) is 0. The van der Waals surface area contributed by atoms with Crippen molar-refractivity contribution in [2.75, 3.05) is 4.43 Å². The van der Waals surface area contributed by atoms with Crippen molar-refractivity contribution < 1.29 is 19.8 Å². The number of alkyl halides is 2. The second-order valence-electron chi connectivity index (χ2n) is 5.37. The van der Waals surface area contributed by atoms with Gasteiger partial charge in [-0.05, 0) is 0 Å². The van der Waals surface area contributed by atoms with Crippen LogP contribution in [-0.4, -0.2) is 44.6 Å². The van der Waals surface area contributed by atoms with Crippen molar-refractivity contribution in [3.63, 3.8) is 0 Å². The third-order valence-corrected chi connectivity index (χ3v) is 11.2. The number of carbonyl (C=O) groups is 2. The third kappa shape index (κ3) is 3.25. The molecule has 0 aromatic rings. The minimum atomic E-state index is -3.39. The molecule has 0 radical (unpaired) electrons. The predicted molar refractivity (Wildman–Crippen MR) is 76.3 cm³/mol. The molecule has 1 unspecified atom stereocenters. The van der Waals surface area contributed by atoms with E-state index in [2.05, 4.69) is 9.83 Å². The summed E-state index contributed by atoms with van der Waals surface area (Å²) in [4.78, 5) is 23.3.